The Morgan fingerprint density at radius 2 is 2.40 bits per heavy atom. The number of amides is 1. The average Bonchev–Trinajstić information content (AvgIpc) is 2.61. The number of fused-ring (bicyclic) bond motifs is 1. The van der Waals surface area contributed by atoms with Crippen molar-refractivity contribution >= 4 is 5.91 Å². The first-order chi connectivity index (χ1) is 4.77. The van der Waals surface area contributed by atoms with Crippen LogP contribution in [0.5, 0.6) is 0 Å². The van der Waals surface area contributed by atoms with Gasteiger partial charge in [-0.2, -0.15) is 4.39 Å². The third kappa shape index (κ3) is 0.750. The third-order valence-electron chi connectivity index (χ3n) is 1.36. The van der Waals surface area contributed by atoms with Crippen molar-refractivity contribution in [2.45, 2.75) is 12.5 Å². The van der Waals surface area contributed by atoms with E-state index in [0.717, 1.165) is 6.20 Å². The second-order valence-electron chi connectivity index (χ2n) is 2.11. The normalized spacial score (nSPS) is 36.5. The van der Waals surface area contributed by atoms with Crippen LogP contribution < -0.4 is 10.6 Å². The van der Waals surface area contributed by atoms with Gasteiger partial charge in [0.25, 0.3) is 5.91 Å². The van der Waals surface area contributed by atoms with E-state index in [1.807, 2.05) is 0 Å². The van der Waals surface area contributed by atoms with Crippen molar-refractivity contribution in [2.24, 2.45) is 0 Å². The van der Waals surface area contributed by atoms with Crippen LogP contribution in [0.1, 0.15) is 0 Å². The fourth-order valence-electron chi connectivity index (χ4n) is 0.768. The zero-order valence-electron chi connectivity index (χ0n) is 4.93. The number of hydrogen-bond donors (Lipinski definition) is 2. The predicted octanol–water partition coefficient (Wildman–Crippen LogP) is -0.801. The van der Waals surface area contributed by atoms with Crippen LogP contribution in [0.2, 0.25) is 0 Å². The molecular formula is C5H5FN2O2. The highest BCUT2D eigenvalue weighted by molar-refractivity contribution is 5.91. The number of hydrogen-bond acceptors (Lipinski definition) is 3. The molecule has 4 nitrogen and oxygen atoms in total. The van der Waals surface area contributed by atoms with Crippen molar-refractivity contribution < 1.29 is 13.9 Å². The van der Waals surface area contributed by atoms with E-state index in [0.29, 0.717) is 0 Å². The molecule has 0 spiro atoms. The molecule has 0 aromatic carbocycles. The highest BCUT2D eigenvalue weighted by Crippen LogP contribution is 2.19. The van der Waals surface area contributed by atoms with Gasteiger partial charge < -0.3 is 15.4 Å². The summed E-state index contributed by atoms with van der Waals surface area (Å²) in [4.78, 5) is 10.6. The Kier molecular flexibility index (Phi) is 0.960. The molecule has 0 bridgehead atoms. The van der Waals surface area contributed by atoms with Gasteiger partial charge in [-0.3, -0.25) is 4.79 Å². The average molecular weight is 144 g/mol. The summed E-state index contributed by atoms with van der Waals surface area (Å²) in [7, 11) is 0. The van der Waals surface area contributed by atoms with Crippen LogP contribution in [-0.2, 0) is 9.53 Å². The van der Waals surface area contributed by atoms with Crippen molar-refractivity contribution in [3.8, 4) is 0 Å². The molecular weight excluding hydrogens is 139 g/mol. The zero-order chi connectivity index (χ0) is 7.14. The molecule has 5 heteroatoms. The number of rotatable bonds is 0. The Morgan fingerprint density at radius 3 is 3.20 bits per heavy atom. The van der Waals surface area contributed by atoms with Crippen LogP contribution in [-0.4, -0.2) is 18.4 Å². The van der Waals surface area contributed by atoms with E-state index in [1.54, 1.807) is 0 Å². The van der Waals surface area contributed by atoms with Crippen molar-refractivity contribution in [1.29, 1.82) is 0 Å². The summed E-state index contributed by atoms with van der Waals surface area (Å²) in [6, 6.07) is 0. The molecule has 2 atom stereocenters. The zero-order valence-corrected chi connectivity index (χ0v) is 4.93. The van der Waals surface area contributed by atoms with Gasteiger partial charge >= 0.3 is 0 Å². The molecule has 1 fully saturated rings. The number of carbonyl (C=O) groups is 1. The quantitative estimate of drug-likeness (QED) is 0.437. The summed E-state index contributed by atoms with van der Waals surface area (Å²) in [6.07, 6.45) is 0.418. The molecule has 2 unspecified atom stereocenters. The van der Waals surface area contributed by atoms with Gasteiger partial charge in [0.1, 0.15) is 0 Å². The molecule has 2 rings (SSSR count). The van der Waals surface area contributed by atoms with Gasteiger partial charge in [0.05, 0.1) is 0 Å². The molecule has 10 heavy (non-hydrogen) atoms. The SMILES string of the molecule is O=C1NC2OC2NC=C1F. The minimum absolute atomic E-state index is 0.239. The van der Waals surface area contributed by atoms with Gasteiger partial charge in [0.15, 0.2) is 12.5 Å². The number of nitrogens with one attached hydrogen (secondary N) is 2. The summed E-state index contributed by atoms with van der Waals surface area (Å²) >= 11 is 0. The van der Waals surface area contributed by atoms with Crippen LogP contribution >= 0.6 is 0 Å². The van der Waals surface area contributed by atoms with E-state index >= 15 is 0 Å². The van der Waals surface area contributed by atoms with E-state index in [-0.39, 0.29) is 12.5 Å². The predicted molar refractivity (Wildman–Crippen MR) is 29.1 cm³/mol. The van der Waals surface area contributed by atoms with Gasteiger partial charge in [0.2, 0.25) is 5.83 Å². The van der Waals surface area contributed by atoms with E-state index < -0.39 is 11.7 Å². The lowest BCUT2D eigenvalue weighted by Gasteiger charge is -1.93. The van der Waals surface area contributed by atoms with E-state index in [9.17, 15) is 9.18 Å². The van der Waals surface area contributed by atoms with Crippen molar-refractivity contribution in [3.63, 3.8) is 0 Å². The van der Waals surface area contributed by atoms with E-state index in [4.69, 9.17) is 4.74 Å². The standard InChI is InChI=1S/C5H5FN2O2/c6-2-1-7-4-5(10-4)8-3(2)9/h1,4-5,7H,(H,8,9). The molecule has 2 N–H and O–H groups in total. The second-order valence-corrected chi connectivity index (χ2v) is 2.11. The maximum Gasteiger partial charge on any atom is 0.283 e. The Hall–Kier alpha value is -1.10. The smallest absolute Gasteiger partial charge is 0.283 e. The van der Waals surface area contributed by atoms with Gasteiger partial charge in [-0.15, -0.1) is 0 Å². The first kappa shape index (κ1) is 5.67. The summed E-state index contributed by atoms with van der Waals surface area (Å²) < 4.78 is 17.2. The summed E-state index contributed by atoms with van der Waals surface area (Å²) in [6.45, 7) is 0. The Balaban J connectivity index is 2.16. The van der Waals surface area contributed by atoms with Gasteiger partial charge in [0, 0.05) is 6.20 Å². The van der Waals surface area contributed by atoms with Gasteiger partial charge in [-0.25, -0.2) is 0 Å². The molecule has 1 saturated heterocycles. The molecule has 2 aliphatic rings. The van der Waals surface area contributed by atoms with Crippen LogP contribution in [0.3, 0.4) is 0 Å². The topological polar surface area (TPSA) is 53.7 Å². The van der Waals surface area contributed by atoms with E-state index in [1.165, 1.54) is 0 Å². The van der Waals surface area contributed by atoms with Crippen molar-refractivity contribution in [1.82, 2.24) is 10.6 Å². The lowest BCUT2D eigenvalue weighted by molar-refractivity contribution is -0.119. The van der Waals surface area contributed by atoms with Gasteiger partial charge in [-0.1, -0.05) is 0 Å². The summed E-state index contributed by atoms with van der Waals surface area (Å²) in [5.41, 5.74) is 0. The molecule has 2 aliphatic heterocycles. The Bertz CT molecular complexity index is 216. The second kappa shape index (κ2) is 1.69. The molecule has 2 heterocycles. The van der Waals surface area contributed by atoms with Crippen LogP contribution in [0, 0.1) is 0 Å². The molecule has 0 aromatic rings. The lowest BCUT2D eigenvalue weighted by Crippen LogP contribution is -2.27. The van der Waals surface area contributed by atoms with Gasteiger partial charge in [-0.05, 0) is 0 Å². The number of ether oxygens (including phenoxy) is 1. The molecule has 0 saturated carbocycles. The first-order valence-electron chi connectivity index (χ1n) is 2.85. The maximum atomic E-state index is 12.4. The highest BCUT2D eigenvalue weighted by atomic mass is 19.1. The monoisotopic (exact) mass is 144 g/mol. The van der Waals surface area contributed by atoms with Crippen LogP contribution in [0.4, 0.5) is 4.39 Å². The first-order valence-corrected chi connectivity index (χ1v) is 2.85. The van der Waals surface area contributed by atoms with E-state index in [2.05, 4.69) is 10.6 Å². The molecule has 1 amide bonds. The Morgan fingerprint density at radius 1 is 1.60 bits per heavy atom. The lowest BCUT2D eigenvalue weighted by atomic mass is 10.5. The summed E-state index contributed by atoms with van der Waals surface area (Å²) in [5.74, 6) is -1.53. The van der Waals surface area contributed by atoms with Crippen molar-refractivity contribution in [2.75, 3.05) is 0 Å². The van der Waals surface area contributed by atoms with Crippen LogP contribution in [0.15, 0.2) is 12.0 Å². The minimum Gasteiger partial charge on any atom is -0.360 e. The highest BCUT2D eigenvalue weighted by Gasteiger charge is 2.42. The summed E-state index contributed by atoms with van der Waals surface area (Å²) in [5, 5.41) is 4.85. The number of halogens is 1. The Labute approximate surface area is 56.0 Å². The van der Waals surface area contributed by atoms with Crippen molar-refractivity contribution in [3.05, 3.63) is 12.0 Å². The largest absolute Gasteiger partial charge is 0.360 e. The fourth-order valence-corrected chi connectivity index (χ4v) is 0.768. The number of epoxide rings is 1. The maximum absolute atomic E-state index is 12.4. The number of carbonyl (C=O) groups excluding carboxylic acids is 1. The third-order valence-corrected chi connectivity index (χ3v) is 1.36. The molecule has 0 aliphatic carbocycles. The molecule has 0 radical (unpaired) electrons. The molecule has 54 valence electrons. The van der Waals surface area contributed by atoms with Crippen LogP contribution in [0.25, 0.3) is 0 Å². The fraction of sp³-hybridized carbons (Fsp3) is 0.400. The molecule has 0 aromatic heterocycles. The minimum atomic E-state index is -0.809.